The summed E-state index contributed by atoms with van der Waals surface area (Å²) in [5.41, 5.74) is 7.80. The van der Waals surface area contributed by atoms with Crippen molar-refractivity contribution in [2.45, 2.75) is 19.8 Å². The highest BCUT2D eigenvalue weighted by Gasteiger charge is 2.23. The summed E-state index contributed by atoms with van der Waals surface area (Å²) in [4.78, 5) is 26.8. The molecule has 28 heavy (non-hydrogen) atoms. The molecule has 0 aliphatic carbocycles. The Kier molecular flexibility index (Phi) is 4.73. The molecule has 1 aliphatic heterocycles. The average Bonchev–Trinajstić information content (AvgIpc) is 3.12. The van der Waals surface area contributed by atoms with Crippen LogP contribution in [0.3, 0.4) is 0 Å². The summed E-state index contributed by atoms with van der Waals surface area (Å²) < 4.78 is 5.26. The van der Waals surface area contributed by atoms with Crippen LogP contribution >= 0.6 is 0 Å². The molecule has 2 aromatic carbocycles. The number of benzene rings is 2. The normalized spacial score (nSPS) is 16.9. The van der Waals surface area contributed by atoms with Crippen molar-refractivity contribution in [2.75, 3.05) is 23.3 Å². The number of hydrogen-bond acceptors (Lipinski definition) is 5. The Morgan fingerprint density at radius 2 is 2.07 bits per heavy atom. The van der Waals surface area contributed by atoms with Crippen molar-refractivity contribution in [3.8, 4) is 0 Å². The molecule has 1 aliphatic rings. The van der Waals surface area contributed by atoms with E-state index in [4.69, 9.17) is 10.3 Å². The number of rotatable bonds is 4. The second-order valence-corrected chi connectivity index (χ2v) is 7.27. The zero-order chi connectivity index (χ0) is 19.7. The van der Waals surface area contributed by atoms with Gasteiger partial charge in [0.15, 0.2) is 0 Å². The van der Waals surface area contributed by atoms with Crippen LogP contribution in [0.4, 0.5) is 11.4 Å². The van der Waals surface area contributed by atoms with Crippen LogP contribution in [0.25, 0.3) is 10.9 Å². The molecule has 0 spiro atoms. The summed E-state index contributed by atoms with van der Waals surface area (Å²) >= 11 is 0. The molecular weight excluding hydrogens is 356 g/mol. The molecule has 2 heterocycles. The van der Waals surface area contributed by atoms with Crippen LogP contribution in [-0.2, 0) is 0 Å². The van der Waals surface area contributed by atoms with Gasteiger partial charge in [-0.1, -0.05) is 24.2 Å². The van der Waals surface area contributed by atoms with Gasteiger partial charge in [-0.15, -0.1) is 0 Å². The highest BCUT2D eigenvalue weighted by molar-refractivity contribution is 6.11. The van der Waals surface area contributed by atoms with Gasteiger partial charge in [0.05, 0.1) is 16.8 Å². The van der Waals surface area contributed by atoms with Crippen molar-refractivity contribution in [1.82, 2.24) is 5.16 Å². The fraction of sp³-hybridized carbons (Fsp3) is 0.286. The lowest BCUT2D eigenvalue weighted by atomic mass is 9.99. The number of fused-ring (bicyclic) bond motifs is 1. The first-order chi connectivity index (χ1) is 13.5. The SMILES string of the molecule is C[C@H]1CCCN(c2ccc(C(N)=O)cc2NC(=O)c2onc3ccccc23)C1. The molecule has 7 nitrogen and oxygen atoms in total. The first kappa shape index (κ1) is 18.0. The minimum Gasteiger partial charge on any atom is -0.370 e. The Balaban J connectivity index is 1.69. The average molecular weight is 378 g/mol. The number of nitrogens with zero attached hydrogens (tertiary/aromatic N) is 2. The number of piperidine rings is 1. The van der Waals surface area contributed by atoms with E-state index < -0.39 is 11.8 Å². The van der Waals surface area contributed by atoms with E-state index in [1.807, 2.05) is 18.2 Å². The third kappa shape index (κ3) is 3.43. The summed E-state index contributed by atoms with van der Waals surface area (Å²) in [5.74, 6) is -0.259. The second kappa shape index (κ2) is 7.34. The quantitative estimate of drug-likeness (QED) is 0.724. The maximum atomic E-state index is 12.9. The van der Waals surface area contributed by atoms with Crippen LogP contribution in [0.2, 0.25) is 0 Å². The summed E-state index contributed by atoms with van der Waals surface area (Å²) in [6.45, 7) is 4.00. The largest absolute Gasteiger partial charge is 0.370 e. The van der Waals surface area contributed by atoms with Gasteiger partial charge in [0.25, 0.3) is 5.91 Å². The topological polar surface area (TPSA) is 101 Å². The molecule has 0 radical (unpaired) electrons. The molecule has 2 amide bonds. The molecule has 3 N–H and O–H groups in total. The molecule has 0 unspecified atom stereocenters. The smallest absolute Gasteiger partial charge is 0.294 e. The molecular formula is C21H22N4O3. The predicted molar refractivity (Wildman–Crippen MR) is 108 cm³/mol. The highest BCUT2D eigenvalue weighted by atomic mass is 16.5. The van der Waals surface area contributed by atoms with Gasteiger partial charge in [-0.05, 0) is 49.1 Å². The third-order valence-electron chi connectivity index (χ3n) is 5.12. The molecule has 1 atom stereocenters. The predicted octanol–water partition coefficient (Wildman–Crippen LogP) is 3.42. The van der Waals surface area contributed by atoms with Crippen LogP contribution in [0.15, 0.2) is 47.0 Å². The van der Waals surface area contributed by atoms with Crippen LogP contribution in [0, 0.1) is 5.92 Å². The number of carbonyl (C=O) groups excluding carboxylic acids is 2. The van der Waals surface area contributed by atoms with Gasteiger partial charge in [0, 0.05) is 18.7 Å². The first-order valence-corrected chi connectivity index (χ1v) is 9.37. The van der Waals surface area contributed by atoms with Crippen molar-refractivity contribution < 1.29 is 14.1 Å². The van der Waals surface area contributed by atoms with E-state index in [-0.39, 0.29) is 5.76 Å². The number of carbonyl (C=O) groups is 2. The van der Waals surface area contributed by atoms with Gasteiger partial charge < -0.3 is 20.5 Å². The summed E-state index contributed by atoms with van der Waals surface area (Å²) in [5, 5.41) is 7.46. The zero-order valence-electron chi connectivity index (χ0n) is 15.6. The highest BCUT2D eigenvalue weighted by Crippen LogP contribution is 2.32. The number of aromatic nitrogens is 1. The molecule has 0 saturated carbocycles. The van der Waals surface area contributed by atoms with E-state index in [1.54, 1.807) is 24.3 Å². The maximum Gasteiger partial charge on any atom is 0.294 e. The minimum absolute atomic E-state index is 0.137. The fourth-order valence-corrected chi connectivity index (χ4v) is 3.71. The maximum absolute atomic E-state index is 12.9. The van der Waals surface area contributed by atoms with Gasteiger partial charge in [0.2, 0.25) is 11.7 Å². The Morgan fingerprint density at radius 1 is 1.25 bits per heavy atom. The standard InChI is InChI=1S/C21H22N4O3/c1-13-5-4-10-25(12-13)18-9-8-14(20(22)26)11-17(18)23-21(27)19-15-6-2-3-7-16(15)24-28-19/h2-3,6-9,11,13H,4-5,10,12H2,1H3,(H2,22,26)(H,23,27)/t13-/m0/s1. The monoisotopic (exact) mass is 378 g/mol. The van der Waals surface area contributed by atoms with Crippen LogP contribution in [0.5, 0.6) is 0 Å². The van der Waals surface area contributed by atoms with Crippen molar-refractivity contribution in [2.24, 2.45) is 11.7 Å². The fourth-order valence-electron chi connectivity index (χ4n) is 3.71. The molecule has 7 heteroatoms. The van der Waals surface area contributed by atoms with Gasteiger partial charge in [0.1, 0.15) is 5.52 Å². The second-order valence-electron chi connectivity index (χ2n) is 7.27. The Morgan fingerprint density at radius 3 is 2.86 bits per heavy atom. The summed E-state index contributed by atoms with van der Waals surface area (Å²) in [6.07, 6.45) is 2.26. The van der Waals surface area contributed by atoms with E-state index in [9.17, 15) is 9.59 Å². The Hall–Kier alpha value is -3.35. The Labute approximate surface area is 162 Å². The van der Waals surface area contributed by atoms with Gasteiger partial charge in [-0.3, -0.25) is 9.59 Å². The lowest BCUT2D eigenvalue weighted by Gasteiger charge is -2.34. The lowest BCUT2D eigenvalue weighted by molar-refractivity contribution is 0.0984. The lowest BCUT2D eigenvalue weighted by Crippen LogP contribution is -2.35. The van der Waals surface area contributed by atoms with Crippen molar-refractivity contribution in [1.29, 1.82) is 0 Å². The van der Waals surface area contributed by atoms with E-state index >= 15 is 0 Å². The van der Waals surface area contributed by atoms with Crippen LogP contribution < -0.4 is 16.0 Å². The molecule has 1 saturated heterocycles. The van der Waals surface area contributed by atoms with Crippen LogP contribution in [-0.4, -0.2) is 30.1 Å². The van der Waals surface area contributed by atoms with Crippen molar-refractivity contribution >= 4 is 34.1 Å². The summed E-state index contributed by atoms with van der Waals surface area (Å²) in [7, 11) is 0. The van der Waals surface area contributed by atoms with Crippen molar-refractivity contribution in [3.63, 3.8) is 0 Å². The molecule has 3 aromatic rings. The van der Waals surface area contributed by atoms with Crippen molar-refractivity contribution in [3.05, 3.63) is 53.8 Å². The minimum atomic E-state index is -0.542. The molecule has 1 fully saturated rings. The van der Waals surface area contributed by atoms with Gasteiger partial charge in [-0.2, -0.15) is 0 Å². The van der Waals surface area contributed by atoms with E-state index in [1.165, 1.54) is 6.42 Å². The van der Waals surface area contributed by atoms with E-state index in [2.05, 4.69) is 22.3 Å². The number of primary amides is 1. The number of hydrogen-bond donors (Lipinski definition) is 2. The molecule has 144 valence electrons. The van der Waals surface area contributed by atoms with E-state index in [0.29, 0.717) is 28.1 Å². The zero-order valence-corrected chi connectivity index (χ0v) is 15.6. The number of nitrogens with one attached hydrogen (secondary N) is 1. The van der Waals surface area contributed by atoms with E-state index in [0.717, 1.165) is 25.2 Å². The molecule has 4 rings (SSSR count). The number of nitrogens with two attached hydrogens (primary N) is 1. The molecule has 1 aromatic heterocycles. The Bertz CT molecular complexity index is 1040. The number of anilines is 2. The molecule has 0 bridgehead atoms. The van der Waals surface area contributed by atoms with Gasteiger partial charge >= 0.3 is 0 Å². The third-order valence-corrected chi connectivity index (χ3v) is 5.12. The number of amides is 2. The van der Waals surface area contributed by atoms with Crippen LogP contribution in [0.1, 0.15) is 40.7 Å². The first-order valence-electron chi connectivity index (χ1n) is 9.37. The van der Waals surface area contributed by atoms with Gasteiger partial charge in [-0.25, -0.2) is 0 Å². The summed E-state index contributed by atoms with van der Waals surface area (Å²) in [6, 6.07) is 12.4.